The number of hydrogen-bond donors (Lipinski definition) is 1. The Bertz CT molecular complexity index is 476. The summed E-state index contributed by atoms with van der Waals surface area (Å²) in [6.07, 6.45) is 1.81. The molecule has 1 N–H and O–H groups in total. The Morgan fingerprint density at radius 3 is 2.56 bits per heavy atom. The second-order valence-corrected chi connectivity index (χ2v) is 4.15. The Morgan fingerprint density at radius 2 is 1.89 bits per heavy atom. The molecule has 0 aliphatic heterocycles. The maximum Gasteiger partial charge on any atom is 0.247 e. The predicted octanol–water partition coefficient (Wildman–Crippen LogP) is 2.45. The van der Waals surface area contributed by atoms with E-state index in [9.17, 15) is 0 Å². The van der Waals surface area contributed by atoms with E-state index < -0.39 is 0 Å². The van der Waals surface area contributed by atoms with E-state index in [1.54, 1.807) is 0 Å². The zero-order chi connectivity index (χ0) is 12.8. The number of nitrogens with one attached hydrogen (secondary N) is 1. The highest BCUT2D eigenvalue weighted by Crippen LogP contribution is 2.18. The third kappa shape index (κ3) is 3.17. The van der Waals surface area contributed by atoms with Gasteiger partial charge in [-0.25, -0.2) is 0 Å². The van der Waals surface area contributed by atoms with Gasteiger partial charge in [0.15, 0.2) is 0 Å². The summed E-state index contributed by atoms with van der Waals surface area (Å²) < 4.78 is 5.63. The average molecular weight is 245 g/mol. The summed E-state index contributed by atoms with van der Waals surface area (Å²) >= 11 is 0. The second-order valence-electron chi connectivity index (χ2n) is 4.15. The van der Waals surface area contributed by atoms with Crippen LogP contribution < -0.4 is 5.32 Å². The quantitative estimate of drug-likeness (QED) is 0.794. The van der Waals surface area contributed by atoms with Crippen LogP contribution in [0.4, 0.5) is 0 Å². The van der Waals surface area contributed by atoms with E-state index in [1.165, 1.54) is 5.56 Å². The lowest BCUT2D eigenvalue weighted by atomic mass is 10.1. The van der Waals surface area contributed by atoms with Crippen molar-refractivity contribution in [2.45, 2.75) is 26.7 Å². The van der Waals surface area contributed by atoms with Crippen LogP contribution in [-0.4, -0.2) is 23.3 Å². The zero-order valence-corrected chi connectivity index (χ0v) is 10.9. The monoisotopic (exact) mass is 245 g/mol. The topological polar surface area (TPSA) is 51.0 Å². The highest BCUT2D eigenvalue weighted by atomic mass is 16.4. The number of rotatable bonds is 6. The fourth-order valence-electron chi connectivity index (χ4n) is 1.73. The maximum atomic E-state index is 5.63. The van der Waals surface area contributed by atoms with Gasteiger partial charge in [-0.15, -0.1) is 10.2 Å². The number of likely N-dealkylation sites (N-methyl/N-ethyl adjacent to an activating group) is 1. The summed E-state index contributed by atoms with van der Waals surface area (Å²) in [7, 11) is 0. The van der Waals surface area contributed by atoms with Crippen LogP contribution in [0.1, 0.15) is 25.3 Å². The summed E-state index contributed by atoms with van der Waals surface area (Å²) in [5.74, 6) is 1.29. The molecule has 1 aromatic carbocycles. The molecule has 1 heterocycles. The Labute approximate surface area is 107 Å². The van der Waals surface area contributed by atoms with Gasteiger partial charge in [0.2, 0.25) is 11.8 Å². The van der Waals surface area contributed by atoms with Crippen LogP contribution in [0.25, 0.3) is 11.5 Å². The first-order valence-corrected chi connectivity index (χ1v) is 6.46. The summed E-state index contributed by atoms with van der Waals surface area (Å²) in [6, 6.07) is 8.25. The van der Waals surface area contributed by atoms with Crippen molar-refractivity contribution in [2.24, 2.45) is 0 Å². The van der Waals surface area contributed by atoms with Gasteiger partial charge >= 0.3 is 0 Å². The van der Waals surface area contributed by atoms with Gasteiger partial charge in [-0.3, -0.25) is 0 Å². The number of benzene rings is 1. The average Bonchev–Trinajstić information content (AvgIpc) is 2.88. The third-order valence-electron chi connectivity index (χ3n) is 2.84. The Balaban J connectivity index is 2.04. The van der Waals surface area contributed by atoms with Gasteiger partial charge in [0.05, 0.1) is 0 Å². The van der Waals surface area contributed by atoms with Crippen LogP contribution in [0, 0.1) is 0 Å². The Kier molecular flexibility index (Phi) is 4.47. The van der Waals surface area contributed by atoms with E-state index in [2.05, 4.69) is 41.5 Å². The maximum absolute atomic E-state index is 5.63. The molecule has 1 aromatic heterocycles. The molecule has 4 nitrogen and oxygen atoms in total. The molecule has 0 aliphatic rings. The molecule has 0 unspecified atom stereocenters. The first kappa shape index (κ1) is 12.8. The molecule has 96 valence electrons. The van der Waals surface area contributed by atoms with E-state index in [4.69, 9.17) is 4.42 Å². The molecular weight excluding hydrogens is 226 g/mol. The molecule has 0 amide bonds. The molecular formula is C14H19N3O. The van der Waals surface area contributed by atoms with Crippen molar-refractivity contribution in [3.63, 3.8) is 0 Å². The van der Waals surface area contributed by atoms with E-state index in [1.807, 2.05) is 12.1 Å². The first-order valence-electron chi connectivity index (χ1n) is 6.46. The van der Waals surface area contributed by atoms with Crippen molar-refractivity contribution >= 4 is 0 Å². The van der Waals surface area contributed by atoms with Crippen LogP contribution in [0.2, 0.25) is 0 Å². The molecule has 0 spiro atoms. The molecule has 2 rings (SSSR count). The lowest BCUT2D eigenvalue weighted by molar-refractivity contribution is 0.496. The first-order chi connectivity index (χ1) is 8.83. The van der Waals surface area contributed by atoms with Crippen molar-refractivity contribution < 1.29 is 4.42 Å². The lowest BCUT2D eigenvalue weighted by Crippen LogP contribution is -2.16. The Morgan fingerprint density at radius 1 is 1.11 bits per heavy atom. The normalized spacial score (nSPS) is 10.8. The minimum atomic E-state index is 0.601. The zero-order valence-electron chi connectivity index (χ0n) is 10.9. The van der Waals surface area contributed by atoms with Crippen LogP contribution in [0.3, 0.4) is 0 Å². The molecule has 0 atom stereocenters. The second kappa shape index (κ2) is 6.31. The van der Waals surface area contributed by atoms with Gasteiger partial charge in [0.25, 0.3) is 0 Å². The fraction of sp³-hybridized carbons (Fsp3) is 0.429. The number of aromatic nitrogens is 2. The van der Waals surface area contributed by atoms with Crippen LogP contribution in [0.15, 0.2) is 28.7 Å². The third-order valence-corrected chi connectivity index (χ3v) is 2.84. The molecule has 4 heteroatoms. The predicted molar refractivity (Wildman–Crippen MR) is 71.4 cm³/mol. The van der Waals surface area contributed by atoms with E-state index in [0.29, 0.717) is 11.8 Å². The minimum Gasteiger partial charge on any atom is -0.421 e. The fourth-order valence-corrected chi connectivity index (χ4v) is 1.73. The smallest absolute Gasteiger partial charge is 0.247 e. The van der Waals surface area contributed by atoms with Gasteiger partial charge in [-0.1, -0.05) is 26.0 Å². The molecule has 0 radical (unpaired) electrons. The summed E-state index contributed by atoms with van der Waals surface area (Å²) in [5.41, 5.74) is 2.29. The highest BCUT2D eigenvalue weighted by Gasteiger charge is 2.07. The molecule has 18 heavy (non-hydrogen) atoms. The van der Waals surface area contributed by atoms with Crippen LogP contribution in [-0.2, 0) is 12.8 Å². The molecule has 2 aromatic rings. The summed E-state index contributed by atoms with van der Waals surface area (Å²) in [5, 5.41) is 11.4. The van der Waals surface area contributed by atoms with Crippen molar-refractivity contribution in [3.05, 3.63) is 35.7 Å². The molecule has 0 saturated carbocycles. The number of hydrogen-bond acceptors (Lipinski definition) is 4. The SMILES string of the molecule is CCNCCc1nnc(-c2ccc(CC)cc2)o1. The van der Waals surface area contributed by atoms with Gasteiger partial charge < -0.3 is 9.73 Å². The van der Waals surface area contributed by atoms with E-state index >= 15 is 0 Å². The molecule has 0 fully saturated rings. The largest absolute Gasteiger partial charge is 0.421 e. The van der Waals surface area contributed by atoms with Crippen molar-refractivity contribution in [1.82, 2.24) is 15.5 Å². The van der Waals surface area contributed by atoms with Crippen molar-refractivity contribution in [3.8, 4) is 11.5 Å². The van der Waals surface area contributed by atoms with Gasteiger partial charge in [0.1, 0.15) is 0 Å². The van der Waals surface area contributed by atoms with E-state index in [-0.39, 0.29) is 0 Å². The summed E-state index contributed by atoms with van der Waals surface area (Å²) in [4.78, 5) is 0. The number of aryl methyl sites for hydroxylation is 1. The number of nitrogens with zero attached hydrogens (tertiary/aromatic N) is 2. The van der Waals surface area contributed by atoms with Gasteiger partial charge in [-0.2, -0.15) is 0 Å². The molecule has 0 bridgehead atoms. The van der Waals surface area contributed by atoms with Crippen LogP contribution >= 0.6 is 0 Å². The Hall–Kier alpha value is -1.68. The molecule has 0 saturated heterocycles. The molecule has 0 aliphatic carbocycles. The highest BCUT2D eigenvalue weighted by molar-refractivity contribution is 5.52. The summed E-state index contributed by atoms with van der Waals surface area (Å²) in [6.45, 7) is 6.04. The standard InChI is InChI=1S/C14H19N3O/c1-3-11-5-7-12(8-6-11)14-17-16-13(18-14)9-10-15-4-2/h5-8,15H,3-4,9-10H2,1-2H3. The van der Waals surface area contributed by atoms with E-state index in [0.717, 1.165) is 31.5 Å². The minimum absolute atomic E-state index is 0.601. The van der Waals surface area contributed by atoms with Crippen LogP contribution in [0.5, 0.6) is 0 Å². The van der Waals surface area contributed by atoms with Crippen molar-refractivity contribution in [1.29, 1.82) is 0 Å². The van der Waals surface area contributed by atoms with Crippen molar-refractivity contribution in [2.75, 3.05) is 13.1 Å². The van der Waals surface area contributed by atoms with Gasteiger partial charge in [-0.05, 0) is 30.7 Å². The van der Waals surface area contributed by atoms with Gasteiger partial charge in [0, 0.05) is 18.5 Å². The lowest BCUT2D eigenvalue weighted by Gasteiger charge is -1.98.